The van der Waals surface area contributed by atoms with Crippen LogP contribution in [0.4, 0.5) is 32.3 Å². The molecule has 4 aliphatic heterocycles. The van der Waals surface area contributed by atoms with Crippen molar-refractivity contribution in [2.45, 2.75) is 96.6 Å². The van der Waals surface area contributed by atoms with E-state index in [-0.39, 0.29) is 74.6 Å². The summed E-state index contributed by atoms with van der Waals surface area (Å²) in [5.74, 6) is 1.17. The summed E-state index contributed by atoms with van der Waals surface area (Å²) in [6.45, 7) is 8.42. The highest BCUT2D eigenvalue weighted by Gasteiger charge is 2.36. The van der Waals surface area contributed by atoms with Crippen LogP contribution < -0.4 is 56.0 Å². The molecule has 5 aromatic carbocycles. The molecule has 4 heterocycles. The van der Waals surface area contributed by atoms with Crippen LogP contribution in [0.3, 0.4) is 0 Å². The quantitative estimate of drug-likeness (QED) is 0.0298. The highest BCUT2D eigenvalue weighted by molar-refractivity contribution is 6.07. The van der Waals surface area contributed by atoms with Gasteiger partial charge in [-0.25, -0.2) is 9.59 Å². The zero-order valence-corrected chi connectivity index (χ0v) is 49.1. The molecule has 0 bridgehead atoms. The summed E-state index contributed by atoms with van der Waals surface area (Å²) in [5.41, 5.74) is 12.3. The Kier molecular flexibility index (Phi) is 19.7. The van der Waals surface area contributed by atoms with E-state index in [1.54, 1.807) is 90.0 Å². The molecule has 0 saturated carbocycles. The van der Waals surface area contributed by atoms with Crippen molar-refractivity contribution in [2.75, 3.05) is 51.7 Å². The summed E-state index contributed by atoms with van der Waals surface area (Å²) < 4.78 is 34.5. The fourth-order valence-electron chi connectivity index (χ4n) is 10.3. The van der Waals surface area contributed by atoms with Crippen molar-refractivity contribution in [2.24, 2.45) is 21.6 Å². The third-order valence-electron chi connectivity index (χ3n) is 14.8. The Morgan fingerprint density at radius 2 is 1.16 bits per heavy atom. The van der Waals surface area contributed by atoms with E-state index in [0.29, 0.717) is 88.1 Å². The molecule has 5 aromatic rings. The van der Waals surface area contributed by atoms with Crippen molar-refractivity contribution in [1.29, 1.82) is 0 Å². The smallest absolute Gasteiger partial charge is 0.411 e. The van der Waals surface area contributed by atoms with Crippen LogP contribution in [0.2, 0.25) is 0 Å². The van der Waals surface area contributed by atoms with Crippen LogP contribution in [0.25, 0.3) is 11.1 Å². The third-order valence-corrected chi connectivity index (χ3v) is 14.8. The number of nitrogens with one attached hydrogen (secondary N) is 5. The molecule has 450 valence electrons. The number of anilines is 2. The Labute approximate surface area is 499 Å². The molecule has 7 amide bonds. The van der Waals surface area contributed by atoms with Crippen molar-refractivity contribution in [1.82, 2.24) is 25.8 Å². The second kappa shape index (κ2) is 27.8. The van der Waals surface area contributed by atoms with Gasteiger partial charge in [0.05, 0.1) is 75.2 Å². The first-order chi connectivity index (χ1) is 41.5. The zero-order chi connectivity index (χ0) is 61.0. The number of benzene rings is 5. The lowest BCUT2D eigenvalue weighted by atomic mass is 10.0. The van der Waals surface area contributed by atoms with Gasteiger partial charge in [0.1, 0.15) is 18.4 Å². The topological polar surface area (TPSA) is 275 Å². The average Bonchev–Trinajstić information content (AvgIpc) is 2.09. The number of fused-ring (bicyclic) bond motifs is 4. The summed E-state index contributed by atoms with van der Waals surface area (Å²) in [6.07, 6.45) is 8.82. The van der Waals surface area contributed by atoms with Gasteiger partial charge in [0.2, 0.25) is 11.8 Å². The summed E-state index contributed by atoms with van der Waals surface area (Å²) in [7, 11) is 4.66. The number of carbonyl (C=O) groups is 6. The minimum atomic E-state index is -0.890. The second-order valence-corrected chi connectivity index (χ2v) is 21.7. The maximum Gasteiger partial charge on any atom is 0.411 e. The number of rotatable bonds is 25. The molecule has 0 aromatic heterocycles. The summed E-state index contributed by atoms with van der Waals surface area (Å²) in [5, 5.41) is 14.2. The molecular formula is C64H72N10O12. The molecule has 4 aliphatic rings. The SMILES string of the molecule is COc1ccc(C2=CN3C(=O)c4cc(OC)c(OCCCOc5cc6c(cc5OC)C(=O)N5C=C(c7ccc(NC(=O)OCc8ccc(NC(=O)[C@H](CCCNC(N)=O)NC(=O)[C@@H](NC(C)C)C(C)C)cc8)cc7)C[C@H]5C=N6)cc4N=C[C@@H]3C2)cc1. The van der Waals surface area contributed by atoms with E-state index in [1.165, 1.54) is 14.2 Å². The Hall–Kier alpha value is -9.70. The van der Waals surface area contributed by atoms with E-state index in [9.17, 15) is 28.8 Å². The lowest BCUT2D eigenvalue weighted by Gasteiger charge is -2.27. The Balaban J connectivity index is 0.738. The molecule has 0 fully saturated rings. The first kappa shape index (κ1) is 60.9. The molecule has 7 N–H and O–H groups in total. The highest BCUT2D eigenvalue weighted by atomic mass is 16.5. The molecule has 22 heteroatoms. The molecule has 0 aliphatic carbocycles. The summed E-state index contributed by atoms with van der Waals surface area (Å²) >= 11 is 0. The minimum Gasteiger partial charge on any atom is -0.497 e. The number of amides is 7. The first-order valence-electron chi connectivity index (χ1n) is 28.5. The number of urea groups is 1. The van der Waals surface area contributed by atoms with E-state index in [0.717, 1.165) is 28.0 Å². The van der Waals surface area contributed by atoms with Gasteiger partial charge in [0.25, 0.3) is 11.8 Å². The number of nitrogens with zero attached hydrogens (tertiary/aromatic N) is 4. The van der Waals surface area contributed by atoms with Gasteiger partial charge in [0, 0.05) is 80.2 Å². The van der Waals surface area contributed by atoms with E-state index in [2.05, 4.69) is 26.6 Å². The van der Waals surface area contributed by atoms with Crippen molar-refractivity contribution < 1.29 is 57.2 Å². The van der Waals surface area contributed by atoms with E-state index >= 15 is 0 Å². The lowest BCUT2D eigenvalue weighted by molar-refractivity contribution is -0.129. The van der Waals surface area contributed by atoms with Gasteiger partial charge in [-0.05, 0) is 95.1 Å². The number of hydrogen-bond acceptors (Lipinski definition) is 15. The minimum absolute atomic E-state index is 0.0348. The van der Waals surface area contributed by atoms with Gasteiger partial charge in [-0.1, -0.05) is 64.1 Å². The summed E-state index contributed by atoms with van der Waals surface area (Å²) in [4.78, 5) is 91.7. The number of nitrogens with two attached hydrogens (primary N) is 1. The number of primary amides is 1. The first-order valence-corrected chi connectivity index (χ1v) is 28.5. The predicted molar refractivity (Wildman–Crippen MR) is 327 cm³/mol. The number of methoxy groups -OCH3 is 3. The van der Waals surface area contributed by atoms with Gasteiger partial charge in [-0.3, -0.25) is 34.5 Å². The number of ether oxygens (including phenoxy) is 6. The maximum absolute atomic E-state index is 14.1. The predicted octanol–water partition coefficient (Wildman–Crippen LogP) is 9.15. The van der Waals surface area contributed by atoms with E-state index in [1.807, 2.05) is 76.5 Å². The Bertz CT molecular complexity index is 3450. The van der Waals surface area contributed by atoms with Crippen LogP contribution in [-0.4, -0.2) is 129 Å². The Morgan fingerprint density at radius 1 is 0.640 bits per heavy atom. The van der Waals surface area contributed by atoms with Gasteiger partial charge >= 0.3 is 12.1 Å². The average molecular weight is 1170 g/mol. The van der Waals surface area contributed by atoms with Gasteiger partial charge in [-0.2, -0.15) is 0 Å². The largest absolute Gasteiger partial charge is 0.497 e. The molecular weight excluding hydrogens is 1100 g/mol. The third kappa shape index (κ3) is 14.8. The molecule has 0 unspecified atom stereocenters. The number of carbonyl (C=O) groups excluding carboxylic acids is 6. The standard InChI is InChI=1S/C64H72N10O12/c1-37(2)58(69-38(3)4)60(76)72-51(10-8-23-66-63(65)79)59(75)70-44-17-11-39(12-18-44)36-86-64(80)71-45-19-13-40(14-20-45)42-26-46-32-67-52-30-56(54(82-6)28-49(52)61(77)73(46)34-42)84-24-9-25-85-57-31-53-50(29-55(57)83-7)62(78)74-35-43(27-47(74)33-68-53)41-15-21-48(81-5)22-16-41/h11-22,28-35,37-38,46-47,51,58,69H,8-10,23-27,36H2,1-7H3,(H,70,75)(H,71,80)(H,72,76)(H3,65,66,79)/t46-,47-,51-,58-/m0/s1. The van der Waals surface area contributed by atoms with Gasteiger partial charge in [-0.15, -0.1) is 0 Å². The number of aliphatic imine (C=N–C) groups is 2. The molecule has 22 nitrogen and oxygen atoms in total. The lowest BCUT2D eigenvalue weighted by Crippen LogP contribution is -2.54. The van der Waals surface area contributed by atoms with Crippen molar-refractivity contribution >= 4 is 82.1 Å². The fourth-order valence-corrected chi connectivity index (χ4v) is 10.3. The maximum atomic E-state index is 14.1. The van der Waals surface area contributed by atoms with Crippen LogP contribution in [0.1, 0.15) is 97.2 Å². The van der Waals surface area contributed by atoms with Crippen LogP contribution in [-0.2, 0) is 20.9 Å². The van der Waals surface area contributed by atoms with Gasteiger partial charge in [0.15, 0.2) is 23.0 Å². The normalized spacial score (nSPS) is 16.3. The zero-order valence-electron chi connectivity index (χ0n) is 49.1. The molecule has 0 spiro atoms. The second-order valence-electron chi connectivity index (χ2n) is 21.7. The summed E-state index contributed by atoms with van der Waals surface area (Å²) in [6, 6.07) is 25.8. The van der Waals surface area contributed by atoms with Crippen LogP contribution in [0, 0.1) is 5.92 Å². The van der Waals surface area contributed by atoms with E-state index in [4.69, 9.17) is 44.1 Å². The molecule has 9 rings (SSSR count). The fraction of sp³-hybridized carbons (Fsp3) is 0.344. The van der Waals surface area contributed by atoms with Crippen molar-refractivity contribution in [3.8, 4) is 28.7 Å². The van der Waals surface area contributed by atoms with Crippen LogP contribution in [0.15, 0.2) is 119 Å². The molecule has 4 atom stereocenters. The highest BCUT2D eigenvalue weighted by Crippen LogP contribution is 2.42. The Morgan fingerprint density at radius 3 is 1.66 bits per heavy atom. The van der Waals surface area contributed by atoms with Crippen molar-refractivity contribution in [3.05, 3.63) is 137 Å². The monoisotopic (exact) mass is 1170 g/mol. The molecule has 0 saturated heterocycles. The van der Waals surface area contributed by atoms with Crippen LogP contribution >= 0.6 is 0 Å². The van der Waals surface area contributed by atoms with Crippen molar-refractivity contribution in [3.63, 3.8) is 0 Å². The number of hydrogen-bond donors (Lipinski definition) is 6. The molecule has 0 radical (unpaired) electrons. The van der Waals surface area contributed by atoms with E-state index < -0.39 is 30.1 Å². The van der Waals surface area contributed by atoms with Crippen LogP contribution in [0.5, 0.6) is 28.7 Å². The van der Waals surface area contributed by atoms with Gasteiger partial charge < -0.3 is 65.2 Å². The molecule has 86 heavy (non-hydrogen) atoms.